The summed E-state index contributed by atoms with van der Waals surface area (Å²) in [6, 6.07) is 14.8. The van der Waals surface area contributed by atoms with Crippen molar-refractivity contribution < 1.29 is 23.8 Å². The van der Waals surface area contributed by atoms with Gasteiger partial charge in [0.1, 0.15) is 29.5 Å². The minimum absolute atomic E-state index is 0.0217. The van der Waals surface area contributed by atoms with Gasteiger partial charge in [-0.3, -0.25) is 14.5 Å². The number of benzene rings is 3. The number of Topliss-reactive ketones (excluding diaryl/α,β-unsaturated/α-hetero) is 1. The first kappa shape index (κ1) is 27.7. The molecule has 0 bridgehead atoms. The lowest BCUT2D eigenvalue weighted by Crippen LogP contribution is -2.29. The van der Waals surface area contributed by atoms with Crippen molar-refractivity contribution in [3.05, 3.63) is 104 Å². The van der Waals surface area contributed by atoms with Gasteiger partial charge >= 0.3 is 5.91 Å². The molecule has 2 aliphatic rings. The summed E-state index contributed by atoms with van der Waals surface area (Å²) in [6.07, 6.45) is 0.611. The van der Waals surface area contributed by atoms with Crippen molar-refractivity contribution in [2.75, 3.05) is 4.90 Å². The third kappa shape index (κ3) is 5.21. The third-order valence-corrected chi connectivity index (χ3v) is 9.47. The molecule has 41 heavy (non-hydrogen) atoms. The number of rotatable bonds is 6. The van der Waals surface area contributed by atoms with Crippen LogP contribution in [0.4, 0.5) is 9.52 Å². The molecule has 1 N–H and O–H groups in total. The zero-order valence-electron chi connectivity index (χ0n) is 21.3. The van der Waals surface area contributed by atoms with Gasteiger partial charge in [0, 0.05) is 33.3 Å². The molecule has 2 unspecified atom stereocenters. The fraction of sp³-hybridized carbons (Fsp3) is 0.172. The topological polar surface area (TPSA) is 92.6 Å². The van der Waals surface area contributed by atoms with Crippen LogP contribution in [0.25, 0.3) is 5.76 Å². The third-order valence-electron chi connectivity index (χ3n) is 6.78. The molecule has 6 rings (SSSR count). The predicted octanol–water partition coefficient (Wildman–Crippen LogP) is 7.23. The number of anilines is 1. The van der Waals surface area contributed by atoms with Crippen LogP contribution in [-0.4, -0.2) is 33.1 Å². The Kier molecular flexibility index (Phi) is 7.50. The van der Waals surface area contributed by atoms with Gasteiger partial charge in [0.25, 0.3) is 5.78 Å². The standard InChI is InChI=1S/C29H20Cl2FN3O4S2/c1-14-10-17-11-15(7-9-22(17)39-14)25(36)23-24(19-4-2-3-5-21(19)32)35(27(38)26(23)37)28-33-34-29(41-28)40-13-16-6-8-18(30)12-20(16)31/h2-9,11-12,14,24,36H,10,13H2,1H3/b25-23-. The van der Waals surface area contributed by atoms with Crippen LogP contribution in [0.3, 0.4) is 0 Å². The van der Waals surface area contributed by atoms with Crippen LogP contribution >= 0.6 is 46.3 Å². The van der Waals surface area contributed by atoms with Gasteiger partial charge in [-0.2, -0.15) is 0 Å². The van der Waals surface area contributed by atoms with E-state index < -0.39 is 29.3 Å². The maximum absolute atomic E-state index is 15.2. The van der Waals surface area contributed by atoms with Crippen molar-refractivity contribution in [2.24, 2.45) is 0 Å². The van der Waals surface area contributed by atoms with E-state index in [1.807, 2.05) is 13.0 Å². The van der Waals surface area contributed by atoms with E-state index in [4.69, 9.17) is 27.9 Å². The first-order valence-corrected chi connectivity index (χ1v) is 15.0. The number of hydrogen-bond donors (Lipinski definition) is 1. The second kappa shape index (κ2) is 11.1. The average Bonchev–Trinajstić information content (AvgIpc) is 3.63. The maximum atomic E-state index is 15.2. The Labute approximate surface area is 252 Å². The second-order valence-corrected chi connectivity index (χ2v) is 12.5. The van der Waals surface area contributed by atoms with Gasteiger partial charge in [-0.05, 0) is 54.4 Å². The summed E-state index contributed by atoms with van der Waals surface area (Å²) in [5.41, 5.74) is 1.84. The van der Waals surface area contributed by atoms with E-state index in [-0.39, 0.29) is 22.4 Å². The van der Waals surface area contributed by atoms with Crippen molar-refractivity contribution >= 4 is 68.9 Å². The Hall–Kier alpha value is -3.44. The molecule has 1 fully saturated rings. The normalized spacial score (nSPS) is 19.5. The van der Waals surface area contributed by atoms with E-state index in [1.54, 1.807) is 36.4 Å². The molecule has 2 aliphatic heterocycles. The number of nitrogens with zero attached hydrogens (tertiary/aromatic N) is 3. The lowest BCUT2D eigenvalue weighted by Gasteiger charge is -2.22. The van der Waals surface area contributed by atoms with E-state index >= 15 is 4.39 Å². The van der Waals surface area contributed by atoms with Crippen molar-refractivity contribution in [3.8, 4) is 5.75 Å². The SMILES string of the molecule is CC1Cc2cc(/C(O)=C3/C(=O)C(=O)N(c4nnc(SCc5ccc(Cl)cc5Cl)s4)C3c3ccccc3F)ccc2O1. The highest BCUT2D eigenvalue weighted by Crippen LogP contribution is 2.45. The Morgan fingerprint density at radius 1 is 1.15 bits per heavy atom. The molecule has 7 nitrogen and oxygen atoms in total. The van der Waals surface area contributed by atoms with Gasteiger partial charge < -0.3 is 9.84 Å². The molecule has 3 heterocycles. The molecule has 1 saturated heterocycles. The fourth-order valence-corrected chi connectivity index (χ4v) is 7.31. The number of halogens is 3. The summed E-state index contributed by atoms with van der Waals surface area (Å²) < 4.78 is 21.4. The van der Waals surface area contributed by atoms with Gasteiger partial charge in [-0.25, -0.2) is 4.39 Å². The van der Waals surface area contributed by atoms with Crippen molar-refractivity contribution in [3.63, 3.8) is 0 Å². The highest BCUT2D eigenvalue weighted by Gasteiger charge is 2.49. The molecular weight excluding hydrogens is 608 g/mol. The molecule has 0 spiro atoms. The monoisotopic (exact) mass is 627 g/mol. The Morgan fingerprint density at radius 3 is 2.73 bits per heavy atom. The quantitative estimate of drug-likeness (QED) is 0.0792. The smallest absolute Gasteiger partial charge is 0.301 e. The van der Waals surface area contributed by atoms with Gasteiger partial charge in [-0.15, -0.1) is 10.2 Å². The van der Waals surface area contributed by atoms with E-state index in [9.17, 15) is 14.7 Å². The first-order valence-electron chi connectivity index (χ1n) is 12.5. The molecule has 0 radical (unpaired) electrons. The molecular formula is C29H20Cl2FN3O4S2. The van der Waals surface area contributed by atoms with Crippen LogP contribution in [0.1, 0.15) is 35.2 Å². The summed E-state index contributed by atoms with van der Waals surface area (Å²) in [5.74, 6) is -1.77. The van der Waals surface area contributed by atoms with E-state index in [0.29, 0.717) is 37.9 Å². The molecule has 4 aromatic rings. The number of thioether (sulfide) groups is 1. The zero-order valence-corrected chi connectivity index (χ0v) is 24.5. The lowest BCUT2D eigenvalue weighted by atomic mass is 9.94. The van der Waals surface area contributed by atoms with Crippen LogP contribution in [0.2, 0.25) is 10.0 Å². The van der Waals surface area contributed by atoms with E-state index in [0.717, 1.165) is 27.4 Å². The van der Waals surface area contributed by atoms with Crippen LogP contribution in [0, 0.1) is 5.82 Å². The molecule has 1 amide bonds. The minimum atomic E-state index is -1.25. The van der Waals surface area contributed by atoms with E-state index in [2.05, 4.69) is 10.2 Å². The summed E-state index contributed by atoms with van der Waals surface area (Å²) in [5, 5.41) is 20.9. The minimum Gasteiger partial charge on any atom is -0.507 e. The molecule has 12 heteroatoms. The Balaban J connectivity index is 1.39. The number of fused-ring (bicyclic) bond motifs is 1. The Bertz CT molecular complexity index is 1740. The number of hydrogen-bond acceptors (Lipinski definition) is 8. The number of carbonyl (C=O) groups is 2. The highest BCUT2D eigenvalue weighted by atomic mass is 35.5. The number of ether oxygens (including phenoxy) is 1. The van der Waals surface area contributed by atoms with Crippen LogP contribution in [0.15, 0.2) is 70.6 Å². The number of aromatic nitrogens is 2. The maximum Gasteiger partial charge on any atom is 0.301 e. The summed E-state index contributed by atoms with van der Waals surface area (Å²) in [6.45, 7) is 1.93. The summed E-state index contributed by atoms with van der Waals surface area (Å²) in [4.78, 5) is 28.0. The number of ketones is 1. The van der Waals surface area contributed by atoms with Gasteiger partial charge in [0.15, 0.2) is 4.34 Å². The first-order chi connectivity index (χ1) is 19.7. The molecule has 0 saturated carbocycles. The molecule has 1 aromatic heterocycles. The number of carbonyl (C=O) groups excluding carboxylic acids is 2. The Morgan fingerprint density at radius 2 is 1.95 bits per heavy atom. The largest absolute Gasteiger partial charge is 0.507 e. The number of amides is 1. The highest BCUT2D eigenvalue weighted by molar-refractivity contribution is 8.00. The average molecular weight is 629 g/mol. The molecule has 0 aliphatic carbocycles. The predicted molar refractivity (Wildman–Crippen MR) is 157 cm³/mol. The lowest BCUT2D eigenvalue weighted by molar-refractivity contribution is -0.132. The molecule has 2 atom stereocenters. The van der Waals surface area contributed by atoms with Crippen molar-refractivity contribution in [1.82, 2.24) is 10.2 Å². The van der Waals surface area contributed by atoms with Crippen LogP contribution < -0.4 is 9.64 Å². The molecule has 208 valence electrons. The summed E-state index contributed by atoms with van der Waals surface area (Å²) >= 11 is 14.7. The van der Waals surface area contributed by atoms with Crippen molar-refractivity contribution in [2.45, 2.75) is 35.6 Å². The zero-order chi connectivity index (χ0) is 28.8. The van der Waals surface area contributed by atoms with Gasteiger partial charge in [0.2, 0.25) is 5.13 Å². The number of aliphatic hydroxyl groups is 1. The number of aliphatic hydroxyl groups excluding tert-OH is 1. The molecule has 3 aromatic carbocycles. The summed E-state index contributed by atoms with van der Waals surface area (Å²) in [7, 11) is 0. The van der Waals surface area contributed by atoms with Gasteiger partial charge in [-0.1, -0.05) is 70.6 Å². The van der Waals surface area contributed by atoms with Gasteiger partial charge in [0.05, 0.1) is 5.57 Å². The van der Waals surface area contributed by atoms with Crippen LogP contribution in [0.5, 0.6) is 5.75 Å². The van der Waals surface area contributed by atoms with Crippen LogP contribution in [-0.2, 0) is 21.8 Å². The van der Waals surface area contributed by atoms with Crippen molar-refractivity contribution in [1.29, 1.82) is 0 Å². The fourth-order valence-electron chi connectivity index (χ4n) is 4.88. The second-order valence-electron chi connectivity index (χ2n) is 9.52. The van der Waals surface area contributed by atoms with E-state index in [1.165, 1.54) is 30.0 Å².